The number of aromatic amines is 1. The van der Waals surface area contributed by atoms with Gasteiger partial charge < -0.3 is 4.74 Å². The first kappa shape index (κ1) is 25.5. The average Bonchev–Trinajstić information content (AvgIpc) is 2.86. The highest BCUT2D eigenvalue weighted by atomic mass is 35.5. The van der Waals surface area contributed by atoms with Crippen molar-refractivity contribution in [3.05, 3.63) is 109 Å². The molecule has 2 N–H and O–H groups in total. The van der Waals surface area contributed by atoms with E-state index in [4.69, 9.17) is 27.9 Å². The first-order chi connectivity index (χ1) is 17.8. The van der Waals surface area contributed by atoms with E-state index < -0.39 is 28.7 Å². The molecule has 184 valence electrons. The van der Waals surface area contributed by atoms with Gasteiger partial charge in [0.2, 0.25) is 5.95 Å². The molecule has 1 aromatic heterocycles. The molecular weight excluding hydrogens is 527 g/mol. The van der Waals surface area contributed by atoms with Crippen LogP contribution in [0, 0.1) is 23.0 Å². The quantitative estimate of drug-likeness (QED) is 0.143. The maximum Gasteiger partial charge on any atom is 0.349 e. The molecule has 0 aliphatic carbocycles. The molecule has 4 rings (SSSR count). The number of benzene rings is 3. The van der Waals surface area contributed by atoms with E-state index in [1.165, 1.54) is 12.1 Å². The third-order valence-electron chi connectivity index (χ3n) is 4.85. The van der Waals surface area contributed by atoms with Crippen LogP contribution in [0.4, 0.5) is 14.7 Å². The van der Waals surface area contributed by atoms with E-state index in [-0.39, 0.29) is 38.6 Å². The van der Waals surface area contributed by atoms with Gasteiger partial charge in [-0.1, -0.05) is 59.6 Å². The number of hydrogen-bond acceptors (Lipinski definition) is 7. The number of nitriles is 1. The molecule has 0 amide bonds. The first-order valence-electron chi connectivity index (χ1n) is 10.3. The highest BCUT2D eigenvalue weighted by Crippen LogP contribution is 2.32. The zero-order chi connectivity index (χ0) is 26.5. The molecule has 0 bridgehead atoms. The molecule has 37 heavy (non-hydrogen) atoms. The van der Waals surface area contributed by atoms with Gasteiger partial charge in [0.05, 0.1) is 16.9 Å². The molecule has 12 heteroatoms. The maximum atomic E-state index is 14.0. The zero-order valence-electron chi connectivity index (χ0n) is 18.4. The summed E-state index contributed by atoms with van der Waals surface area (Å²) in [7, 11) is 0. The number of halogens is 4. The lowest BCUT2D eigenvalue weighted by atomic mass is 10.1. The Hall–Kier alpha value is -4.59. The van der Waals surface area contributed by atoms with Crippen molar-refractivity contribution in [3.8, 4) is 23.1 Å². The molecule has 0 spiro atoms. The first-order valence-corrected chi connectivity index (χ1v) is 11.1. The van der Waals surface area contributed by atoms with Crippen LogP contribution in [0.15, 0.2) is 70.6 Å². The second-order valence-corrected chi connectivity index (χ2v) is 8.12. The molecule has 0 fully saturated rings. The summed E-state index contributed by atoms with van der Waals surface area (Å²) in [6, 6.07) is 15.9. The van der Waals surface area contributed by atoms with Gasteiger partial charge in [0.1, 0.15) is 28.8 Å². The highest BCUT2D eigenvalue weighted by Gasteiger charge is 2.22. The number of ether oxygens (including phenoxy) is 1. The largest absolute Gasteiger partial charge is 0.420 e. The van der Waals surface area contributed by atoms with Crippen molar-refractivity contribution in [1.82, 2.24) is 9.97 Å². The van der Waals surface area contributed by atoms with Crippen molar-refractivity contribution >= 4 is 41.3 Å². The standard InChI is InChI=1S/C25H13Cl2F2N5O3/c26-15-9-14(22(17(27)10-15)37-24(36)20-18(28)7-4-8-19(20)29)12-31-34-25-32-21(13-5-2-1-3-6-13)16(11-30)23(35)33-25/h1-10,12H,(H2,32,33,34,35). The number of rotatable bonds is 6. The van der Waals surface area contributed by atoms with E-state index in [1.54, 1.807) is 30.3 Å². The second-order valence-electron chi connectivity index (χ2n) is 7.28. The number of hydrogen-bond donors (Lipinski definition) is 2. The molecule has 8 nitrogen and oxygen atoms in total. The Kier molecular flexibility index (Phi) is 7.57. The maximum absolute atomic E-state index is 14.0. The van der Waals surface area contributed by atoms with Crippen LogP contribution in [0.2, 0.25) is 10.0 Å². The molecule has 1 heterocycles. The number of H-pyrrole nitrogens is 1. The number of nitrogens with zero attached hydrogens (tertiary/aromatic N) is 3. The third kappa shape index (κ3) is 5.64. The molecule has 0 saturated carbocycles. The van der Waals surface area contributed by atoms with E-state index in [9.17, 15) is 23.6 Å². The van der Waals surface area contributed by atoms with Crippen LogP contribution in [0.1, 0.15) is 21.5 Å². The number of carbonyl (C=O) groups excluding carboxylic acids is 1. The third-order valence-corrected chi connectivity index (χ3v) is 5.35. The number of aromatic nitrogens is 2. The van der Waals surface area contributed by atoms with Gasteiger partial charge in [0.25, 0.3) is 5.56 Å². The van der Waals surface area contributed by atoms with Crippen LogP contribution in [0.3, 0.4) is 0 Å². The van der Waals surface area contributed by atoms with E-state index >= 15 is 0 Å². The minimum Gasteiger partial charge on any atom is -0.420 e. The predicted molar refractivity (Wildman–Crippen MR) is 134 cm³/mol. The molecule has 0 unspecified atom stereocenters. The summed E-state index contributed by atoms with van der Waals surface area (Å²) < 4.78 is 33.2. The summed E-state index contributed by atoms with van der Waals surface area (Å²) >= 11 is 12.2. The number of esters is 1. The average molecular weight is 540 g/mol. The van der Waals surface area contributed by atoms with Crippen LogP contribution in [0.5, 0.6) is 5.75 Å². The summed E-state index contributed by atoms with van der Waals surface area (Å²) in [5.41, 5.74) is 1.47. The Morgan fingerprint density at radius 1 is 1.11 bits per heavy atom. The Bertz CT molecular complexity index is 1620. The smallest absolute Gasteiger partial charge is 0.349 e. The molecule has 0 aliphatic rings. The number of hydrazone groups is 1. The van der Waals surface area contributed by atoms with E-state index in [0.29, 0.717) is 5.56 Å². The lowest BCUT2D eigenvalue weighted by Crippen LogP contribution is -2.16. The summed E-state index contributed by atoms with van der Waals surface area (Å²) in [6.45, 7) is 0. The van der Waals surface area contributed by atoms with Crippen molar-refractivity contribution in [1.29, 1.82) is 5.26 Å². The Balaban J connectivity index is 1.65. The molecule has 0 atom stereocenters. The fourth-order valence-corrected chi connectivity index (χ4v) is 3.77. The summed E-state index contributed by atoms with van der Waals surface area (Å²) in [4.78, 5) is 31.5. The molecular formula is C25H13Cl2F2N5O3. The van der Waals surface area contributed by atoms with Crippen molar-refractivity contribution in [2.45, 2.75) is 0 Å². The highest BCUT2D eigenvalue weighted by molar-refractivity contribution is 6.36. The molecule has 0 saturated heterocycles. The molecule has 0 radical (unpaired) electrons. The summed E-state index contributed by atoms with van der Waals surface area (Å²) in [5.74, 6) is -3.92. The molecule has 0 aliphatic heterocycles. The topological polar surface area (TPSA) is 120 Å². The van der Waals surface area contributed by atoms with Gasteiger partial charge in [-0.25, -0.2) is 24.0 Å². The van der Waals surface area contributed by atoms with Crippen molar-refractivity contribution in [3.63, 3.8) is 0 Å². The number of nitrogens with one attached hydrogen (secondary N) is 2. The van der Waals surface area contributed by atoms with Crippen molar-refractivity contribution in [2.24, 2.45) is 5.10 Å². The van der Waals surface area contributed by atoms with Crippen LogP contribution in [-0.4, -0.2) is 22.2 Å². The molecule has 3 aromatic carbocycles. The van der Waals surface area contributed by atoms with E-state index in [0.717, 1.165) is 24.4 Å². The summed E-state index contributed by atoms with van der Waals surface area (Å²) in [6.07, 6.45) is 1.14. The number of carbonyl (C=O) groups is 1. The Labute approximate surface area is 217 Å². The lowest BCUT2D eigenvalue weighted by molar-refractivity contribution is 0.0724. The normalized spacial score (nSPS) is 10.8. The van der Waals surface area contributed by atoms with Gasteiger partial charge in [-0.15, -0.1) is 0 Å². The second kappa shape index (κ2) is 11.0. The van der Waals surface area contributed by atoms with Crippen LogP contribution < -0.4 is 15.7 Å². The fraction of sp³-hybridized carbons (Fsp3) is 0. The van der Waals surface area contributed by atoms with Crippen LogP contribution >= 0.6 is 23.2 Å². The van der Waals surface area contributed by atoms with E-state index in [2.05, 4.69) is 20.5 Å². The van der Waals surface area contributed by atoms with Gasteiger partial charge >= 0.3 is 5.97 Å². The Morgan fingerprint density at radius 3 is 2.49 bits per heavy atom. The Morgan fingerprint density at radius 2 is 1.81 bits per heavy atom. The lowest BCUT2D eigenvalue weighted by Gasteiger charge is -2.11. The summed E-state index contributed by atoms with van der Waals surface area (Å²) in [5, 5.41) is 13.4. The van der Waals surface area contributed by atoms with E-state index in [1.807, 2.05) is 6.07 Å². The van der Waals surface area contributed by atoms with Crippen LogP contribution in [-0.2, 0) is 0 Å². The van der Waals surface area contributed by atoms with Crippen molar-refractivity contribution in [2.75, 3.05) is 5.43 Å². The number of anilines is 1. The van der Waals surface area contributed by atoms with Gasteiger partial charge in [-0.3, -0.25) is 9.78 Å². The SMILES string of the molecule is N#Cc1c(-c2ccccc2)nc(NN=Cc2cc(Cl)cc(Cl)c2OC(=O)c2c(F)cccc2F)[nH]c1=O. The van der Waals surface area contributed by atoms with Crippen molar-refractivity contribution < 1.29 is 18.3 Å². The minimum absolute atomic E-state index is 0.0642. The zero-order valence-corrected chi connectivity index (χ0v) is 19.9. The van der Waals surface area contributed by atoms with Gasteiger partial charge in [0, 0.05) is 16.1 Å². The predicted octanol–water partition coefficient (Wildman–Crippen LogP) is 5.56. The van der Waals surface area contributed by atoms with Crippen LogP contribution in [0.25, 0.3) is 11.3 Å². The van der Waals surface area contributed by atoms with Gasteiger partial charge in [0.15, 0.2) is 5.75 Å². The van der Waals surface area contributed by atoms with Gasteiger partial charge in [-0.2, -0.15) is 10.4 Å². The fourth-order valence-electron chi connectivity index (χ4n) is 3.22. The molecule has 4 aromatic rings. The monoisotopic (exact) mass is 539 g/mol. The minimum atomic E-state index is -1.33. The van der Waals surface area contributed by atoms with Gasteiger partial charge in [-0.05, 0) is 24.3 Å².